The maximum Gasteiger partial charge on any atom is 0.261 e. The number of halogens is 4. The van der Waals surface area contributed by atoms with E-state index in [9.17, 15) is 13.6 Å². The molecule has 9 heteroatoms. The topological polar surface area (TPSA) is 64.1 Å². The van der Waals surface area contributed by atoms with E-state index in [1.165, 1.54) is 0 Å². The van der Waals surface area contributed by atoms with Crippen LogP contribution in [0.2, 0.25) is 10.3 Å². The fourth-order valence-electron chi connectivity index (χ4n) is 0.987. The molecule has 1 aromatic heterocycles. The number of carbonyl (C=O) groups excluding carboxylic acids is 1. The van der Waals surface area contributed by atoms with Gasteiger partial charge in [0.1, 0.15) is 18.6 Å². The minimum absolute atomic E-state index is 0.00292. The highest BCUT2D eigenvalue weighted by Crippen LogP contribution is 2.25. The third-order valence-corrected chi connectivity index (χ3v) is 2.31. The molecule has 0 aliphatic heterocycles. The Balaban J connectivity index is 2.40. The zero-order valence-electron chi connectivity index (χ0n) is 9.00. The third-order valence-electron chi connectivity index (χ3n) is 1.74. The number of rotatable bonds is 6. The Labute approximate surface area is 111 Å². The van der Waals surface area contributed by atoms with Gasteiger partial charge in [0.15, 0.2) is 10.3 Å². The highest BCUT2D eigenvalue weighted by Gasteiger charge is 2.12. The predicted octanol–water partition coefficient (Wildman–Crippen LogP) is 2.39. The van der Waals surface area contributed by atoms with Crippen LogP contribution in [-0.2, 0) is 9.53 Å². The molecule has 0 aromatic carbocycles. The Bertz CT molecular complexity index is 401. The molecule has 0 atom stereocenters. The molecule has 0 saturated heterocycles. The summed E-state index contributed by atoms with van der Waals surface area (Å²) in [5.74, 6) is -0.483. The van der Waals surface area contributed by atoms with E-state index in [1.54, 1.807) is 0 Å². The number of aromatic nitrogens is 2. The second-order valence-electron chi connectivity index (χ2n) is 3.09. The average Bonchev–Trinajstić information content (AvgIpc) is 2.29. The molecule has 100 valence electrons. The van der Waals surface area contributed by atoms with Crippen LogP contribution in [0.15, 0.2) is 6.33 Å². The summed E-state index contributed by atoms with van der Waals surface area (Å²) in [5.41, 5.74) is 0.0830. The maximum absolute atomic E-state index is 11.7. The van der Waals surface area contributed by atoms with Crippen molar-refractivity contribution in [3.05, 3.63) is 16.6 Å². The number of hydrogen-bond acceptors (Lipinski definition) is 4. The first-order valence-electron chi connectivity index (χ1n) is 4.82. The number of hydrogen-bond donors (Lipinski definition) is 1. The van der Waals surface area contributed by atoms with Crippen molar-refractivity contribution in [2.75, 3.05) is 18.5 Å². The van der Waals surface area contributed by atoms with E-state index >= 15 is 0 Å². The van der Waals surface area contributed by atoms with Crippen LogP contribution in [0.3, 0.4) is 0 Å². The fourth-order valence-corrected chi connectivity index (χ4v) is 1.40. The highest BCUT2D eigenvalue weighted by molar-refractivity contribution is 6.38. The van der Waals surface area contributed by atoms with E-state index in [0.29, 0.717) is 0 Å². The standard InChI is InChI=1S/C9H9Cl2F2N3O2/c10-8-7(9(11)15-4-14-8)16-6(17)1-2-18-3-5(12)13/h4-5H,1-3H2,(H,16,17). The van der Waals surface area contributed by atoms with Gasteiger partial charge in [-0.2, -0.15) is 0 Å². The summed E-state index contributed by atoms with van der Waals surface area (Å²) in [7, 11) is 0. The number of amides is 1. The van der Waals surface area contributed by atoms with Crippen LogP contribution in [-0.4, -0.2) is 35.5 Å². The Hall–Kier alpha value is -1.05. The normalized spacial score (nSPS) is 10.7. The maximum atomic E-state index is 11.7. The lowest BCUT2D eigenvalue weighted by Crippen LogP contribution is -2.16. The van der Waals surface area contributed by atoms with E-state index in [4.69, 9.17) is 23.2 Å². The van der Waals surface area contributed by atoms with E-state index in [-0.39, 0.29) is 29.0 Å². The molecular weight excluding hydrogens is 291 g/mol. The third kappa shape index (κ3) is 5.07. The van der Waals surface area contributed by atoms with Crippen molar-refractivity contribution in [2.24, 2.45) is 0 Å². The molecule has 0 unspecified atom stereocenters. The molecule has 0 aliphatic carbocycles. The van der Waals surface area contributed by atoms with Crippen LogP contribution in [0, 0.1) is 0 Å². The lowest BCUT2D eigenvalue weighted by Gasteiger charge is -2.07. The molecule has 1 N–H and O–H groups in total. The summed E-state index contributed by atoms with van der Waals surface area (Å²) in [6, 6.07) is 0. The number of nitrogens with one attached hydrogen (secondary N) is 1. The summed E-state index contributed by atoms with van der Waals surface area (Å²) in [6.07, 6.45) is -1.51. The van der Waals surface area contributed by atoms with Crippen molar-refractivity contribution < 1.29 is 18.3 Å². The van der Waals surface area contributed by atoms with Gasteiger partial charge in [0.25, 0.3) is 6.43 Å². The minimum atomic E-state index is -2.56. The summed E-state index contributed by atoms with van der Waals surface area (Å²) in [4.78, 5) is 18.7. The Morgan fingerprint density at radius 1 is 1.39 bits per heavy atom. The van der Waals surface area contributed by atoms with Crippen LogP contribution in [0.5, 0.6) is 0 Å². The van der Waals surface area contributed by atoms with Gasteiger partial charge in [0, 0.05) is 0 Å². The largest absolute Gasteiger partial charge is 0.375 e. The quantitative estimate of drug-likeness (QED) is 0.647. The van der Waals surface area contributed by atoms with Crippen molar-refractivity contribution in [1.29, 1.82) is 0 Å². The molecule has 1 amide bonds. The summed E-state index contributed by atoms with van der Waals surface area (Å²) in [5, 5.41) is 2.37. The van der Waals surface area contributed by atoms with Crippen molar-refractivity contribution in [2.45, 2.75) is 12.8 Å². The molecule has 0 aliphatic rings. The lowest BCUT2D eigenvalue weighted by molar-refractivity contribution is -0.117. The fraction of sp³-hybridized carbons (Fsp3) is 0.444. The summed E-state index contributed by atoms with van der Waals surface area (Å²) >= 11 is 11.4. The zero-order chi connectivity index (χ0) is 13.5. The van der Waals surface area contributed by atoms with Gasteiger partial charge < -0.3 is 10.1 Å². The van der Waals surface area contributed by atoms with Crippen molar-refractivity contribution >= 4 is 34.8 Å². The number of anilines is 1. The number of carbonyl (C=O) groups is 1. The van der Waals surface area contributed by atoms with Crippen molar-refractivity contribution in [1.82, 2.24) is 9.97 Å². The van der Waals surface area contributed by atoms with Crippen molar-refractivity contribution in [3.8, 4) is 0 Å². The van der Waals surface area contributed by atoms with E-state index in [2.05, 4.69) is 20.0 Å². The number of alkyl halides is 2. The molecule has 0 spiro atoms. The molecule has 1 heterocycles. The first-order chi connectivity index (χ1) is 8.50. The second kappa shape index (κ2) is 7.40. The van der Waals surface area contributed by atoms with E-state index in [0.717, 1.165) is 6.33 Å². The summed E-state index contributed by atoms with van der Waals surface area (Å²) < 4.78 is 28.0. The van der Waals surface area contributed by atoms with Gasteiger partial charge in [-0.25, -0.2) is 18.7 Å². The first-order valence-corrected chi connectivity index (χ1v) is 5.58. The molecule has 18 heavy (non-hydrogen) atoms. The van der Waals surface area contributed by atoms with E-state index < -0.39 is 18.9 Å². The molecular formula is C9H9Cl2F2N3O2. The molecule has 1 rings (SSSR count). The Morgan fingerprint density at radius 2 is 2.00 bits per heavy atom. The van der Waals surface area contributed by atoms with Gasteiger partial charge in [-0.1, -0.05) is 23.2 Å². The van der Waals surface area contributed by atoms with Gasteiger partial charge >= 0.3 is 0 Å². The van der Waals surface area contributed by atoms with Gasteiger partial charge in [-0.3, -0.25) is 4.79 Å². The number of ether oxygens (including phenoxy) is 1. The average molecular weight is 300 g/mol. The lowest BCUT2D eigenvalue weighted by atomic mass is 10.4. The van der Waals surface area contributed by atoms with E-state index in [1.807, 2.05) is 0 Å². The smallest absolute Gasteiger partial charge is 0.261 e. The Kier molecular flexibility index (Phi) is 6.17. The minimum Gasteiger partial charge on any atom is -0.375 e. The molecule has 0 fully saturated rings. The van der Waals surface area contributed by atoms with Gasteiger partial charge in [-0.05, 0) is 0 Å². The summed E-state index contributed by atoms with van der Waals surface area (Å²) in [6.45, 7) is -0.831. The zero-order valence-corrected chi connectivity index (χ0v) is 10.5. The van der Waals surface area contributed by atoms with Crippen LogP contribution in [0.1, 0.15) is 6.42 Å². The molecule has 0 saturated carbocycles. The highest BCUT2D eigenvalue weighted by atomic mass is 35.5. The monoisotopic (exact) mass is 299 g/mol. The second-order valence-corrected chi connectivity index (χ2v) is 3.81. The first kappa shape index (κ1) is 15.0. The molecule has 0 radical (unpaired) electrons. The SMILES string of the molecule is O=C(CCOCC(F)F)Nc1c(Cl)ncnc1Cl. The van der Waals surface area contributed by atoms with Crippen LogP contribution in [0.4, 0.5) is 14.5 Å². The van der Waals surface area contributed by atoms with Crippen LogP contribution < -0.4 is 5.32 Å². The molecule has 1 aromatic rings. The van der Waals surface area contributed by atoms with Crippen LogP contribution >= 0.6 is 23.2 Å². The molecule has 5 nitrogen and oxygen atoms in total. The van der Waals surface area contributed by atoms with Gasteiger partial charge in [0.05, 0.1) is 13.0 Å². The van der Waals surface area contributed by atoms with Gasteiger partial charge in [0.2, 0.25) is 5.91 Å². The number of nitrogens with zero attached hydrogens (tertiary/aromatic N) is 2. The van der Waals surface area contributed by atoms with Crippen LogP contribution in [0.25, 0.3) is 0 Å². The molecule has 0 bridgehead atoms. The van der Waals surface area contributed by atoms with Crippen molar-refractivity contribution in [3.63, 3.8) is 0 Å². The Morgan fingerprint density at radius 3 is 2.56 bits per heavy atom. The van der Waals surface area contributed by atoms with Gasteiger partial charge in [-0.15, -0.1) is 0 Å². The predicted molar refractivity (Wildman–Crippen MR) is 62.1 cm³/mol.